The summed E-state index contributed by atoms with van der Waals surface area (Å²) in [6, 6.07) is 0. The fourth-order valence-corrected chi connectivity index (χ4v) is 1.56. The van der Waals surface area contributed by atoms with E-state index in [0.717, 1.165) is 13.2 Å². The van der Waals surface area contributed by atoms with Crippen LogP contribution in [0.2, 0.25) is 0 Å². The van der Waals surface area contributed by atoms with Crippen LogP contribution in [-0.4, -0.2) is 25.4 Å². The molecule has 2 heteroatoms. The molecular weight excluding hydrogens is 128 g/mol. The van der Waals surface area contributed by atoms with Gasteiger partial charge in [-0.3, -0.25) is 0 Å². The van der Waals surface area contributed by atoms with Gasteiger partial charge in [-0.1, -0.05) is 0 Å². The molecule has 0 aromatic carbocycles. The van der Waals surface area contributed by atoms with Crippen molar-refractivity contribution in [3.05, 3.63) is 0 Å². The molecule has 0 aromatic rings. The van der Waals surface area contributed by atoms with Crippen molar-refractivity contribution in [3.8, 4) is 0 Å². The number of rotatable bonds is 0. The first kappa shape index (κ1) is 6.62. The fourth-order valence-electron chi connectivity index (χ4n) is 1.56. The van der Waals surface area contributed by atoms with Gasteiger partial charge in [-0.2, -0.15) is 0 Å². The molecule has 2 heterocycles. The molecule has 2 saturated heterocycles. The lowest BCUT2D eigenvalue weighted by Gasteiger charge is -1.99. The summed E-state index contributed by atoms with van der Waals surface area (Å²) in [5.74, 6) is 0. The van der Waals surface area contributed by atoms with E-state index in [1.165, 1.54) is 25.7 Å². The van der Waals surface area contributed by atoms with Crippen LogP contribution in [0.1, 0.15) is 25.7 Å². The van der Waals surface area contributed by atoms with Crippen molar-refractivity contribution in [2.75, 3.05) is 13.2 Å². The number of epoxide rings is 1. The molecule has 0 radical (unpaired) electrons. The van der Waals surface area contributed by atoms with E-state index >= 15 is 0 Å². The minimum absolute atomic E-state index is 0.599. The van der Waals surface area contributed by atoms with E-state index in [9.17, 15) is 0 Å². The molecule has 0 saturated carbocycles. The summed E-state index contributed by atoms with van der Waals surface area (Å²) >= 11 is 0. The lowest BCUT2D eigenvalue weighted by atomic mass is 10.1. The van der Waals surface area contributed by atoms with Crippen molar-refractivity contribution in [1.29, 1.82) is 0 Å². The zero-order chi connectivity index (χ0) is 6.81. The Morgan fingerprint density at radius 3 is 2.10 bits per heavy atom. The Balaban J connectivity index is 1.77. The highest BCUT2D eigenvalue weighted by Gasteiger charge is 2.37. The number of hydrogen-bond donors (Lipinski definition) is 0. The Morgan fingerprint density at radius 1 is 0.900 bits per heavy atom. The molecule has 0 bridgehead atoms. The van der Waals surface area contributed by atoms with Crippen molar-refractivity contribution in [2.45, 2.75) is 37.9 Å². The first-order valence-electron chi connectivity index (χ1n) is 4.20. The Kier molecular flexibility index (Phi) is 1.91. The van der Waals surface area contributed by atoms with Crippen LogP contribution in [0, 0.1) is 0 Å². The SMILES string of the molecule is C1COCCCC2OC2C1. The second-order valence-electron chi connectivity index (χ2n) is 3.11. The lowest BCUT2D eigenvalue weighted by molar-refractivity contribution is 0.122. The highest BCUT2D eigenvalue weighted by atomic mass is 16.6. The fraction of sp³-hybridized carbons (Fsp3) is 1.00. The third-order valence-corrected chi connectivity index (χ3v) is 2.24. The minimum Gasteiger partial charge on any atom is -0.381 e. The van der Waals surface area contributed by atoms with Crippen LogP contribution in [0.15, 0.2) is 0 Å². The van der Waals surface area contributed by atoms with Gasteiger partial charge < -0.3 is 9.47 Å². The average molecular weight is 142 g/mol. The molecule has 2 rings (SSSR count). The quantitative estimate of drug-likeness (QED) is 0.476. The van der Waals surface area contributed by atoms with Gasteiger partial charge in [0.1, 0.15) is 0 Å². The van der Waals surface area contributed by atoms with Crippen molar-refractivity contribution >= 4 is 0 Å². The lowest BCUT2D eigenvalue weighted by Crippen LogP contribution is -1.96. The predicted molar refractivity (Wildman–Crippen MR) is 37.9 cm³/mol. The summed E-state index contributed by atoms with van der Waals surface area (Å²) in [7, 11) is 0. The molecule has 2 unspecified atom stereocenters. The first-order valence-corrected chi connectivity index (χ1v) is 4.20. The molecule has 0 amide bonds. The monoisotopic (exact) mass is 142 g/mol. The van der Waals surface area contributed by atoms with Crippen LogP contribution in [0.5, 0.6) is 0 Å². The van der Waals surface area contributed by atoms with Gasteiger partial charge in [0.15, 0.2) is 0 Å². The summed E-state index contributed by atoms with van der Waals surface area (Å²) in [5, 5.41) is 0. The molecule has 2 aliphatic heterocycles. The predicted octanol–water partition coefficient (Wildman–Crippen LogP) is 1.34. The van der Waals surface area contributed by atoms with Crippen LogP contribution >= 0.6 is 0 Å². The van der Waals surface area contributed by atoms with Gasteiger partial charge in [0.05, 0.1) is 12.2 Å². The van der Waals surface area contributed by atoms with E-state index in [2.05, 4.69) is 0 Å². The summed E-state index contributed by atoms with van der Waals surface area (Å²) < 4.78 is 10.8. The van der Waals surface area contributed by atoms with Gasteiger partial charge in [-0.25, -0.2) is 0 Å². The molecule has 58 valence electrons. The third kappa shape index (κ3) is 1.50. The van der Waals surface area contributed by atoms with Gasteiger partial charge in [0.25, 0.3) is 0 Å². The topological polar surface area (TPSA) is 21.8 Å². The van der Waals surface area contributed by atoms with Gasteiger partial charge in [-0.15, -0.1) is 0 Å². The van der Waals surface area contributed by atoms with Crippen LogP contribution < -0.4 is 0 Å². The zero-order valence-electron chi connectivity index (χ0n) is 6.21. The van der Waals surface area contributed by atoms with Crippen LogP contribution in [0.3, 0.4) is 0 Å². The molecule has 2 fully saturated rings. The molecule has 2 aliphatic rings. The number of ether oxygens (including phenoxy) is 2. The second kappa shape index (κ2) is 2.89. The van der Waals surface area contributed by atoms with Crippen molar-refractivity contribution < 1.29 is 9.47 Å². The van der Waals surface area contributed by atoms with Gasteiger partial charge >= 0.3 is 0 Å². The molecule has 0 N–H and O–H groups in total. The Hall–Kier alpha value is -0.0800. The molecule has 0 aliphatic carbocycles. The summed E-state index contributed by atoms with van der Waals surface area (Å²) in [4.78, 5) is 0. The molecule has 0 aromatic heterocycles. The van der Waals surface area contributed by atoms with Crippen LogP contribution in [0.4, 0.5) is 0 Å². The highest BCUT2D eigenvalue weighted by Crippen LogP contribution is 2.30. The van der Waals surface area contributed by atoms with Gasteiger partial charge in [0.2, 0.25) is 0 Å². The minimum atomic E-state index is 0.599. The van der Waals surface area contributed by atoms with Gasteiger partial charge in [0, 0.05) is 13.2 Å². The van der Waals surface area contributed by atoms with Crippen LogP contribution in [0.25, 0.3) is 0 Å². The van der Waals surface area contributed by atoms with E-state index in [4.69, 9.17) is 9.47 Å². The van der Waals surface area contributed by atoms with Gasteiger partial charge in [-0.05, 0) is 25.7 Å². The maximum atomic E-state index is 5.44. The van der Waals surface area contributed by atoms with E-state index in [-0.39, 0.29) is 0 Å². The Labute approximate surface area is 61.5 Å². The molecule has 2 atom stereocenters. The molecular formula is C8H14O2. The average Bonchev–Trinajstić information content (AvgIpc) is 2.66. The number of fused-ring (bicyclic) bond motifs is 1. The van der Waals surface area contributed by atoms with Crippen molar-refractivity contribution in [3.63, 3.8) is 0 Å². The molecule has 10 heavy (non-hydrogen) atoms. The molecule has 2 nitrogen and oxygen atoms in total. The second-order valence-corrected chi connectivity index (χ2v) is 3.11. The van der Waals surface area contributed by atoms with E-state index < -0.39 is 0 Å². The van der Waals surface area contributed by atoms with Crippen molar-refractivity contribution in [2.24, 2.45) is 0 Å². The highest BCUT2D eigenvalue weighted by molar-refractivity contribution is 4.84. The smallest absolute Gasteiger partial charge is 0.0842 e. The summed E-state index contributed by atoms with van der Waals surface area (Å²) in [5.41, 5.74) is 0. The maximum Gasteiger partial charge on any atom is 0.0842 e. The molecule has 0 spiro atoms. The Bertz CT molecular complexity index is 102. The van der Waals surface area contributed by atoms with E-state index in [1.54, 1.807) is 0 Å². The van der Waals surface area contributed by atoms with E-state index in [0.29, 0.717) is 12.2 Å². The normalized spacial score (nSPS) is 40.8. The summed E-state index contributed by atoms with van der Waals surface area (Å²) in [6.07, 6.45) is 5.99. The number of hydrogen-bond acceptors (Lipinski definition) is 2. The third-order valence-electron chi connectivity index (χ3n) is 2.24. The summed E-state index contributed by atoms with van der Waals surface area (Å²) in [6.45, 7) is 1.87. The standard InChI is InChI=1S/C8H14O2/c1-3-7-8(10-7)4-2-6-9-5-1/h7-8H,1-6H2. The first-order chi connectivity index (χ1) is 4.97. The largest absolute Gasteiger partial charge is 0.381 e. The maximum absolute atomic E-state index is 5.44. The van der Waals surface area contributed by atoms with Crippen molar-refractivity contribution in [1.82, 2.24) is 0 Å². The van der Waals surface area contributed by atoms with E-state index in [1.807, 2.05) is 0 Å². The zero-order valence-corrected chi connectivity index (χ0v) is 6.21. The Morgan fingerprint density at radius 2 is 1.50 bits per heavy atom. The van der Waals surface area contributed by atoms with Crippen LogP contribution in [-0.2, 0) is 9.47 Å².